The second-order valence-electron chi connectivity index (χ2n) is 7.60. The third-order valence-electron chi connectivity index (χ3n) is 5.47. The van der Waals surface area contributed by atoms with Crippen LogP contribution in [0, 0.1) is 0 Å². The summed E-state index contributed by atoms with van der Waals surface area (Å²) in [6.45, 7) is 0. The lowest BCUT2D eigenvalue weighted by Crippen LogP contribution is -2.38. The van der Waals surface area contributed by atoms with Crippen molar-refractivity contribution in [1.82, 2.24) is 0 Å². The van der Waals surface area contributed by atoms with Crippen LogP contribution in [0.5, 0.6) is 11.5 Å². The summed E-state index contributed by atoms with van der Waals surface area (Å²) in [5, 5.41) is 0.603. The Morgan fingerprint density at radius 3 is 2.56 bits per heavy atom. The Morgan fingerprint density at radius 2 is 1.88 bits per heavy atom. The standard InChI is InChI=1S/C22H23ClN2O5S2/c1-29-18-11-19(30-2)16(10-15(18)23)25-17-12-32(27,28)13-20(17)31-22(25)24-21(26)9-8-14-6-4-3-5-7-14/h3-7,10-11,17,20H,8-9,12-13H2,1-2H3. The zero-order valence-electron chi connectivity index (χ0n) is 17.7. The van der Waals surface area contributed by atoms with Gasteiger partial charge in [0.1, 0.15) is 11.5 Å². The zero-order chi connectivity index (χ0) is 22.9. The first-order chi connectivity index (χ1) is 15.3. The van der Waals surface area contributed by atoms with Crippen molar-refractivity contribution in [3.63, 3.8) is 0 Å². The number of nitrogens with zero attached hydrogens (tertiary/aromatic N) is 2. The predicted octanol–water partition coefficient (Wildman–Crippen LogP) is 3.59. The van der Waals surface area contributed by atoms with Crippen molar-refractivity contribution in [2.75, 3.05) is 30.6 Å². The quantitative estimate of drug-likeness (QED) is 0.606. The lowest BCUT2D eigenvalue weighted by atomic mass is 10.1. The highest BCUT2D eigenvalue weighted by Gasteiger charge is 2.50. The van der Waals surface area contributed by atoms with E-state index in [0.29, 0.717) is 33.8 Å². The highest BCUT2D eigenvalue weighted by molar-refractivity contribution is 8.16. The summed E-state index contributed by atoms with van der Waals surface area (Å²) < 4.78 is 35.4. The molecule has 0 bridgehead atoms. The van der Waals surface area contributed by atoms with Crippen molar-refractivity contribution >= 4 is 50.0 Å². The molecule has 2 saturated heterocycles. The Morgan fingerprint density at radius 1 is 1.16 bits per heavy atom. The lowest BCUT2D eigenvalue weighted by molar-refractivity contribution is -0.117. The molecule has 2 aliphatic heterocycles. The number of rotatable bonds is 6. The highest BCUT2D eigenvalue weighted by Crippen LogP contribution is 2.46. The number of aryl methyl sites for hydroxylation is 1. The van der Waals surface area contributed by atoms with Crippen LogP contribution >= 0.6 is 23.4 Å². The molecule has 10 heteroatoms. The number of amides is 1. The molecule has 0 aromatic heterocycles. The van der Waals surface area contributed by atoms with E-state index < -0.39 is 9.84 Å². The van der Waals surface area contributed by atoms with Crippen LogP contribution in [0.2, 0.25) is 5.02 Å². The Balaban J connectivity index is 1.67. The molecule has 170 valence electrons. The SMILES string of the molecule is COc1cc(OC)c(N2C(=NC(=O)CCc3ccccc3)SC3CS(=O)(=O)CC32)cc1Cl. The summed E-state index contributed by atoms with van der Waals surface area (Å²) in [7, 11) is -0.170. The number of hydrogen-bond acceptors (Lipinski definition) is 6. The van der Waals surface area contributed by atoms with Gasteiger partial charge in [0.15, 0.2) is 15.0 Å². The van der Waals surface area contributed by atoms with Gasteiger partial charge in [-0.1, -0.05) is 53.7 Å². The number of anilines is 1. The van der Waals surface area contributed by atoms with Gasteiger partial charge in [-0.2, -0.15) is 4.99 Å². The Hall–Kier alpha value is -2.23. The van der Waals surface area contributed by atoms with Gasteiger partial charge in [0.05, 0.1) is 42.5 Å². The number of sulfone groups is 1. The fraction of sp³-hybridized carbons (Fsp3) is 0.364. The lowest BCUT2D eigenvalue weighted by Gasteiger charge is -2.26. The molecule has 0 aliphatic carbocycles. The Kier molecular flexibility index (Phi) is 6.69. The third-order valence-corrected chi connectivity index (χ3v) is 8.98. The molecule has 2 aromatic carbocycles. The summed E-state index contributed by atoms with van der Waals surface area (Å²) in [5.41, 5.74) is 1.62. The van der Waals surface area contributed by atoms with E-state index in [2.05, 4.69) is 4.99 Å². The molecule has 0 spiro atoms. The predicted molar refractivity (Wildman–Crippen MR) is 128 cm³/mol. The maximum Gasteiger partial charge on any atom is 0.248 e. The number of halogens is 1. The molecule has 1 amide bonds. The van der Waals surface area contributed by atoms with E-state index in [1.54, 1.807) is 17.0 Å². The number of thioether (sulfide) groups is 1. The Labute approximate surface area is 196 Å². The average molecular weight is 495 g/mol. The minimum absolute atomic E-state index is 0.0192. The molecule has 4 rings (SSSR count). The summed E-state index contributed by atoms with van der Waals surface area (Å²) in [6.07, 6.45) is 0.843. The molecule has 2 atom stereocenters. The van der Waals surface area contributed by atoms with Gasteiger partial charge in [-0.3, -0.25) is 4.79 Å². The number of hydrogen-bond donors (Lipinski definition) is 0. The third kappa shape index (κ3) is 4.74. The number of aliphatic imine (C=N–C) groups is 1. The summed E-state index contributed by atoms with van der Waals surface area (Å²) >= 11 is 7.69. The van der Waals surface area contributed by atoms with E-state index in [0.717, 1.165) is 5.56 Å². The van der Waals surface area contributed by atoms with Crippen molar-refractivity contribution < 1.29 is 22.7 Å². The van der Waals surface area contributed by atoms with E-state index in [4.69, 9.17) is 21.1 Å². The van der Waals surface area contributed by atoms with Crippen molar-refractivity contribution in [2.45, 2.75) is 24.1 Å². The van der Waals surface area contributed by atoms with Gasteiger partial charge in [-0.15, -0.1) is 0 Å². The minimum atomic E-state index is -3.19. The van der Waals surface area contributed by atoms with Crippen molar-refractivity contribution in [3.8, 4) is 11.5 Å². The van der Waals surface area contributed by atoms with Crippen LogP contribution in [0.1, 0.15) is 12.0 Å². The molecular weight excluding hydrogens is 472 g/mol. The van der Waals surface area contributed by atoms with Gasteiger partial charge >= 0.3 is 0 Å². The van der Waals surface area contributed by atoms with Crippen LogP contribution in [-0.4, -0.2) is 56.5 Å². The minimum Gasteiger partial charge on any atom is -0.495 e. The van der Waals surface area contributed by atoms with Crippen LogP contribution in [0.3, 0.4) is 0 Å². The molecule has 2 aromatic rings. The van der Waals surface area contributed by atoms with Gasteiger partial charge in [0.25, 0.3) is 0 Å². The molecule has 2 unspecified atom stereocenters. The number of carbonyl (C=O) groups excluding carboxylic acids is 1. The monoisotopic (exact) mass is 494 g/mol. The fourth-order valence-corrected chi connectivity index (χ4v) is 8.10. The van der Waals surface area contributed by atoms with Gasteiger partial charge in [0.2, 0.25) is 5.91 Å². The zero-order valence-corrected chi connectivity index (χ0v) is 20.0. The first-order valence-electron chi connectivity index (χ1n) is 10.0. The Bertz CT molecular complexity index is 1150. The molecule has 2 aliphatic rings. The van der Waals surface area contributed by atoms with Crippen LogP contribution < -0.4 is 14.4 Å². The van der Waals surface area contributed by atoms with Gasteiger partial charge in [0, 0.05) is 17.7 Å². The summed E-state index contributed by atoms with van der Waals surface area (Å²) in [6, 6.07) is 12.7. The maximum absolute atomic E-state index is 12.7. The van der Waals surface area contributed by atoms with Crippen LogP contribution in [0.25, 0.3) is 0 Å². The molecule has 0 saturated carbocycles. The topological polar surface area (TPSA) is 85.3 Å². The molecule has 0 radical (unpaired) electrons. The number of amidine groups is 1. The first kappa shape index (κ1) is 22.9. The fourth-order valence-electron chi connectivity index (χ4n) is 3.94. The number of carbonyl (C=O) groups is 1. The van der Waals surface area contributed by atoms with Gasteiger partial charge < -0.3 is 14.4 Å². The smallest absolute Gasteiger partial charge is 0.248 e. The van der Waals surface area contributed by atoms with Crippen molar-refractivity contribution in [2.24, 2.45) is 4.99 Å². The van der Waals surface area contributed by atoms with Gasteiger partial charge in [-0.05, 0) is 18.1 Å². The number of methoxy groups -OCH3 is 2. The second kappa shape index (κ2) is 9.33. The second-order valence-corrected chi connectivity index (χ2v) is 11.4. The molecule has 2 fully saturated rings. The van der Waals surface area contributed by atoms with E-state index >= 15 is 0 Å². The van der Waals surface area contributed by atoms with Crippen molar-refractivity contribution in [3.05, 3.63) is 53.1 Å². The highest BCUT2D eigenvalue weighted by atomic mass is 35.5. The molecule has 0 N–H and O–H groups in total. The largest absolute Gasteiger partial charge is 0.495 e. The van der Waals surface area contributed by atoms with E-state index in [-0.39, 0.29) is 35.1 Å². The number of ether oxygens (including phenoxy) is 2. The van der Waals surface area contributed by atoms with Crippen LogP contribution in [0.4, 0.5) is 5.69 Å². The number of fused-ring (bicyclic) bond motifs is 1. The summed E-state index contributed by atoms with van der Waals surface area (Å²) in [4.78, 5) is 18.8. The van der Waals surface area contributed by atoms with E-state index in [9.17, 15) is 13.2 Å². The molecular formula is C22H23ClN2O5S2. The summed E-state index contributed by atoms with van der Waals surface area (Å²) in [5.74, 6) is 0.660. The van der Waals surface area contributed by atoms with Crippen LogP contribution in [-0.2, 0) is 21.1 Å². The van der Waals surface area contributed by atoms with E-state index in [1.165, 1.54) is 26.0 Å². The number of benzene rings is 2. The molecule has 7 nitrogen and oxygen atoms in total. The molecule has 32 heavy (non-hydrogen) atoms. The van der Waals surface area contributed by atoms with Crippen molar-refractivity contribution in [1.29, 1.82) is 0 Å². The molecule has 2 heterocycles. The van der Waals surface area contributed by atoms with Gasteiger partial charge in [-0.25, -0.2) is 8.42 Å². The average Bonchev–Trinajstić information content (AvgIpc) is 3.23. The normalized spacial score (nSPS) is 22.7. The maximum atomic E-state index is 12.7. The first-order valence-corrected chi connectivity index (χ1v) is 13.1. The van der Waals surface area contributed by atoms with Crippen LogP contribution in [0.15, 0.2) is 47.5 Å². The van der Waals surface area contributed by atoms with E-state index in [1.807, 2.05) is 30.3 Å².